The van der Waals surface area contributed by atoms with Crippen LogP contribution in [0, 0.1) is 0 Å². The van der Waals surface area contributed by atoms with Crippen LogP contribution in [0.2, 0.25) is 0 Å². The van der Waals surface area contributed by atoms with Gasteiger partial charge < -0.3 is 24.5 Å². The van der Waals surface area contributed by atoms with Gasteiger partial charge in [0, 0.05) is 24.7 Å². The third kappa shape index (κ3) is 3.52. The van der Waals surface area contributed by atoms with Gasteiger partial charge in [-0.3, -0.25) is 0 Å². The second-order valence-electron chi connectivity index (χ2n) is 6.18. The van der Waals surface area contributed by atoms with Gasteiger partial charge in [-0.05, 0) is 23.8 Å². The van der Waals surface area contributed by atoms with Crippen molar-refractivity contribution >= 4 is 28.2 Å². The summed E-state index contributed by atoms with van der Waals surface area (Å²) in [4.78, 5) is 11.5. The zero-order valence-corrected chi connectivity index (χ0v) is 15.0. The number of aromatic carboxylic acids is 1. The lowest BCUT2D eigenvalue weighted by Gasteiger charge is -2.23. The number of rotatable bonds is 6. The monoisotopic (exact) mass is 372 g/mol. The van der Waals surface area contributed by atoms with Crippen molar-refractivity contribution in [3.8, 4) is 5.00 Å². The molecular weight excluding hydrogens is 352 g/mol. The highest BCUT2D eigenvalue weighted by atomic mass is 32.1. The van der Waals surface area contributed by atoms with E-state index in [0.717, 1.165) is 22.4 Å². The summed E-state index contributed by atoms with van der Waals surface area (Å²) in [7, 11) is 0. The maximum atomic E-state index is 11.2. The fraction of sp³-hybridized carbons (Fsp3) is 0.316. The van der Waals surface area contributed by atoms with Crippen LogP contribution < -0.4 is 5.32 Å². The number of hydrogen-bond acceptors (Lipinski definition) is 5. The maximum Gasteiger partial charge on any atom is 0.345 e. The number of nitrogens with one attached hydrogen (secondary N) is 1. The summed E-state index contributed by atoms with van der Waals surface area (Å²) >= 11 is 1.28. The number of carboxylic acid groups (broad SMARTS) is 1. The lowest BCUT2D eigenvalue weighted by molar-refractivity contribution is -0.0864. The van der Waals surface area contributed by atoms with E-state index >= 15 is 0 Å². The van der Waals surface area contributed by atoms with E-state index in [0.29, 0.717) is 31.2 Å². The first-order valence-electron chi connectivity index (χ1n) is 8.55. The lowest BCUT2D eigenvalue weighted by Crippen LogP contribution is -2.37. The van der Waals surface area contributed by atoms with Crippen molar-refractivity contribution in [3.63, 3.8) is 0 Å². The average Bonchev–Trinajstić information content (AvgIpc) is 3.28. The van der Waals surface area contributed by atoms with Gasteiger partial charge in [-0.25, -0.2) is 4.79 Å². The van der Waals surface area contributed by atoms with E-state index in [1.807, 2.05) is 18.2 Å². The molecule has 1 atom stereocenters. The van der Waals surface area contributed by atoms with Crippen LogP contribution >= 0.6 is 11.3 Å². The highest BCUT2D eigenvalue weighted by Crippen LogP contribution is 2.29. The van der Waals surface area contributed by atoms with Gasteiger partial charge in [0.15, 0.2) is 0 Å². The zero-order chi connectivity index (χ0) is 17.9. The Morgan fingerprint density at radius 3 is 2.92 bits per heavy atom. The van der Waals surface area contributed by atoms with Gasteiger partial charge in [0.05, 0.1) is 31.4 Å². The Balaban J connectivity index is 1.56. The average molecular weight is 372 g/mol. The first-order chi connectivity index (χ1) is 12.7. The molecule has 1 aliphatic heterocycles. The normalized spacial score (nSPS) is 17.6. The molecule has 0 radical (unpaired) electrons. The van der Waals surface area contributed by atoms with Gasteiger partial charge in [-0.15, -0.1) is 11.3 Å². The lowest BCUT2D eigenvalue weighted by atomic mass is 10.2. The number of aromatic nitrogens is 1. The van der Waals surface area contributed by atoms with E-state index in [2.05, 4.69) is 28.2 Å². The number of thiophene rings is 1. The smallest absolute Gasteiger partial charge is 0.345 e. The Bertz CT molecular complexity index is 911. The molecule has 0 saturated carbocycles. The molecule has 1 saturated heterocycles. The number of carbonyl (C=O) groups is 1. The Morgan fingerprint density at radius 2 is 2.15 bits per heavy atom. The number of fused-ring (bicyclic) bond motifs is 1. The standard InChI is InChI=1S/C19H20N2O4S/c22-19(23)17-5-6-18(26-17)21-11-13(15-3-1-2-4-16(15)21)9-20-10-14-12-24-7-8-25-14/h1-6,11,14,20H,7-10,12H2,(H,22,23)/t14-/m0/s1. The van der Waals surface area contributed by atoms with Gasteiger partial charge in [0.2, 0.25) is 0 Å². The van der Waals surface area contributed by atoms with E-state index in [1.165, 1.54) is 16.9 Å². The molecule has 7 heteroatoms. The SMILES string of the molecule is O=C(O)c1ccc(-n2cc(CNC[C@H]3COCCO3)c3ccccc32)s1. The largest absolute Gasteiger partial charge is 0.477 e. The molecule has 6 nitrogen and oxygen atoms in total. The summed E-state index contributed by atoms with van der Waals surface area (Å²) in [6, 6.07) is 11.7. The van der Waals surface area contributed by atoms with Crippen LogP contribution in [0.1, 0.15) is 15.2 Å². The molecule has 0 bridgehead atoms. The topological polar surface area (TPSA) is 72.7 Å². The first kappa shape index (κ1) is 17.2. The molecular formula is C19H20N2O4S. The highest BCUT2D eigenvalue weighted by molar-refractivity contribution is 7.16. The van der Waals surface area contributed by atoms with E-state index in [9.17, 15) is 9.90 Å². The van der Waals surface area contributed by atoms with Crippen molar-refractivity contribution in [2.24, 2.45) is 0 Å². The second-order valence-corrected chi connectivity index (χ2v) is 7.25. The van der Waals surface area contributed by atoms with Gasteiger partial charge in [0.25, 0.3) is 0 Å². The van der Waals surface area contributed by atoms with E-state index in [4.69, 9.17) is 9.47 Å². The van der Waals surface area contributed by atoms with Gasteiger partial charge in [-0.1, -0.05) is 18.2 Å². The fourth-order valence-electron chi connectivity index (χ4n) is 3.17. The number of benzene rings is 1. The minimum absolute atomic E-state index is 0.0903. The van der Waals surface area contributed by atoms with Crippen LogP contribution in [0.25, 0.3) is 15.9 Å². The summed E-state index contributed by atoms with van der Waals surface area (Å²) in [5.41, 5.74) is 2.24. The Morgan fingerprint density at radius 1 is 1.27 bits per heavy atom. The molecule has 1 fully saturated rings. The summed E-state index contributed by atoms with van der Waals surface area (Å²) in [6.07, 6.45) is 2.17. The van der Waals surface area contributed by atoms with Crippen LogP contribution in [0.3, 0.4) is 0 Å². The number of para-hydroxylation sites is 1. The molecule has 2 aromatic heterocycles. The second kappa shape index (κ2) is 7.59. The molecule has 1 aromatic carbocycles. The molecule has 0 spiro atoms. The number of carboxylic acids is 1. The molecule has 136 valence electrons. The van der Waals surface area contributed by atoms with Crippen molar-refractivity contribution in [1.29, 1.82) is 0 Å². The molecule has 3 heterocycles. The summed E-state index contributed by atoms with van der Waals surface area (Å²) in [5.74, 6) is -0.894. The predicted molar refractivity (Wildman–Crippen MR) is 100 cm³/mol. The quantitative estimate of drug-likeness (QED) is 0.696. The molecule has 0 unspecified atom stereocenters. The minimum Gasteiger partial charge on any atom is -0.477 e. The molecule has 2 N–H and O–H groups in total. The summed E-state index contributed by atoms with van der Waals surface area (Å²) in [6.45, 7) is 3.40. The van der Waals surface area contributed by atoms with E-state index in [1.54, 1.807) is 6.07 Å². The van der Waals surface area contributed by atoms with Crippen LogP contribution in [0.5, 0.6) is 0 Å². The molecule has 4 rings (SSSR count). The Kier molecular flexibility index (Phi) is 5.03. The number of hydrogen-bond donors (Lipinski definition) is 2. The highest BCUT2D eigenvalue weighted by Gasteiger charge is 2.16. The summed E-state index contributed by atoms with van der Waals surface area (Å²) < 4.78 is 13.1. The van der Waals surface area contributed by atoms with Crippen molar-refractivity contribution in [2.75, 3.05) is 26.4 Å². The summed E-state index contributed by atoms with van der Waals surface area (Å²) in [5, 5.41) is 14.7. The van der Waals surface area contributed by atoms with E-state index in [-0.39, 0.29) is 6.10 Å². The van der Waals surface area contributed by atoms with Crippen molar-refractivity contribution < 1.29 is 19.4 Å². The molecule has 0 aliphatic carbocycles. The molecule has 3 aromatic rings. The predicted octanol–water partition coefficient (Wildman–Crippen LogP) is 2.90. The fourth-order valence-corrected chi connectivity index (χ4v) is 4.00. The van der Waals surface area contributed by atoms with Crippen molar-refractivity contribution in [1.82, 2.24) is 9.88 Å². The van der Waals surface area contributed by atoms with Crippen LogP contribution in [0.15, 0.2) is 42.6 Å². The third-order valence-electron chi connectivity index (χ3n) is 4.41. The van der Waals surface area contributed by atoms with Crippen molar-refractivity contribution in [2.45, 2.75) is 12.6 Å². The molecule has 1 aliphatic rings. The molecule has 0 amide bonds. The Hall–Kier alpha value is -2.19. The Labute approximate surface area is 155 Å². The van der Waals surface area contributed by atoms with Crippen LogP contribution in [0.4, 0.5) is 0 Å². The minimum atomic E-state index is -0.894. The van der Waals surface area contributed by atoms with Crippen LogP contribution in [-0.4, -0.2) is 48.1 Å². The van der Waals surface area contributed by atoms with Gasteiger partial charge in [0.1, 0.15) is 9.88 Å². The maximum absolute atomic E-state index is 11.2. The van der Waals surface area contributed by atoms with E-state index < -0.39 is 5.97 Å². The first-order valence-corrected chi connectivity index (χ1v) is 9.36. The number of nitrogens with zero attached hydrogens (tertiary/aromatic N) is 1. The third-order valence-corrected chi connectivity index (χ3v) is 5.48. The zero-order valence-electron chi connectivity index (χ0n) is 14.2. The number of ether oxygens (including phenoxy) is 2. The van der Waals surface area contributed by atoms with Crippen LogP contribution in [-0.2, 0) is 16.0 Å². The van der Waals surface area contributed by atoms with Crippen molar-refractivity contribution in [3.05, 3.63) is 53.0 Å². The molecule has 26 heavy (non-hydrogen) atoms. The van der Waals surface area contributed by atoms with Gasteiger partial charge in [-0.2, -0.15) is 0 Å². The van der Waals surface area contributed by atoms with Gasteiger partial charge >= 0.3 is 5.97 Å².